The summed E-state index contributed by atoms with van der Waals surface area (Å²) in [4.78, 5) is 15.2. The fraction of sp³-hybridized carbons (Fsp3) is 0.278. The maximum Gasteiger partial charge on any atom is 0.196 e. The third-order valence-electron chi connectivity index (χ3n) is 2.32. The molecule has 0 spiro atoms. The van der Waals surface area contributed by atoms with Gasteiger partial charge in [0.05, 0.1) is 0 Å². The Morgan fingerprint density at radius 1 is 1.00 bits per heavy atom. The minimum Gasteiger partial charge on any atom is -0.354 e. The Kier molecular flexibility index (Phi) is 12.1. The Balaban J connectivity index is 0. The highest BCUT2D eigenvalue weighted by molar-refractivity contribution is 5.61. The van der Waals surface area contributed by atoms with Crippen LogP contribution in [0.1, 0.15) is 45.9 Å². The van der Waals surface area contributed by atoms with E-state index in [0.29, 0.717) is 16.5 Å². The number of rotatable bonds is 3. The van der Waals surface area contributed by atoms with E-state index in [4.69, 9.17) is 0 Å². The summed E-state index contributed by atoms with van der Waals surface area (Å²) in [5.41, 5.74) is 1.18. The van der Waals surface area contributed by atoms with Gasteiger partial charge in [-0.2, -0.15) is 0 Å². The quantitative estimate of drug-likeness (QED) is 0.898. The molecule has 1 aromatic heterocycles. The van der Waals surface area contributed by atoms with Crippen LogP contribution in [0.3, 0.4) is 0 Å². The molecule has 2 nitrogen and oxygen atoms in total. The fourth-order valence-corrected chi connectivity index (χ4v) is 1.57. The number of aromatic amines is 1. The molecule has 0 aliphatic carbocycles. The second-order valence-electron chi connectivity index (χ2n) is 3.21. The van der Waals surface area contributed by atoms with Crippen molar-refractivity contribution >= 4 is 24.3 Å². The number of H-pyrrole nitrogens is 1. The van der Waals surface area contributed by atoms with Crippen molar-refractivity contribution in [2.75, 3.05) is 0 Å². The van der Waals surface area contributed by atoms with E-state index in [2.05, 4.69) is 24.7 Å². The second-order valence-corrected chi connectivity index (χ2v) is 3.21. The van der Waals surface area contributed by atoms with Crippen LogP contribution in [0.5, 0.6) is 0 Å². The molecule has 0 aliphatic heterocycles. The molecule has 0 saturated heterocycles. The van der Waals surface area contributed by atoms with E-state index < -0.39 is 0 Å². The van der Waals surface area contributed by atoms with Gasteiger partial charge in [0, 0.05) is 21.8 Å². The molecule has 1 aromatic rings. The topological polar surface area (TPSA) is 32.9 Å². The minimum absolute atomic E-state index is 0.0424. The van der Waals surface area contributed by atoms with Crippen LogP contribution in [0.2, 0.25) is 0 Å². The van der Waals surface area contributed by atoms with Crippen molar-refractivity contribution in [1.29, 1.82) is 0 Å². The molecule has 1 rings (SSSR count). The standard InChI is InChI=1S/C14H15NO.2C2H6/c1-5-9-13-11(7-3)14(16)10(6-2)12(8-4)15-13;2*1-2/h5-9,15H,1-2,4H2,3H3;2*1-2H3/b11-7+,13-9+;;. The summed E-state index contributed by atoms with van der Waals surface area (Å²) in [6, 6.07) is 0. The van der Waals surface area contributed by atoms with Gasteiger partial charge in [-0.25, -0.2) is 0 Å². The van der Waals surface area contributed by atoms with E-state index >= 15 is 0 Å². The molecule has 1 N–H and O–H groups in total. The Hall–Kier alpha value is -2.09. The molecule has 2 heteroatoms. The molecule has 1 heterocycles. The Morgan fingerprint density at radius 2 is 1.55 bits per heavy atom. The third kappa shape index (κ3) is 4.88. The highest BCUT2D eigenvalue weighted by atomic mass is 16.1. The lowest BCUT2D eigenvalue weighted by atomic mass is 10.1. The lowest BCUT2D eigenvalue weighted by molar-refractivity contribution is 1.16. The Morgan fingerprint density at radius 3 is 1.90 bits per heavy atom. The molecule has 20 heavy (non-hydrogen) atoms. The molecule has 0 atom stereocenters. The first kappa shape index (κ1) is 20.2. The number of hydrogen-bond donors (Lipinski definition) is 1. The van der Waals surface area contributed by atoms with E-state index in [1.54, 1.807) is 30.4 Å². The van der Waals surface area contributed by atoms with Gasteiger partial charge in [0.2, 0.25) is 0 Å². The average molecular weight is 273 g/mol. The summed E-state index contributed by atoms with van der Waals surface area (Å²) in [6.07, 6.45) is 8.32. The molecule has 0 bridgehead atoms. The third-order valence-corrected chi connectivity index (χ3v) is 2.32. The lowest BCUT2D eigenvalue weighted by Gasteiger charge is -2.01. The zero-order valence-corrected chi connectivity index (χ0v) is 13.4. The van der Waals surface area contributed by atoms with Gasteiger partial charge in [-0.15, -0.1) is 0 Å². The SMILES string of the molecule is C=C/C=c1/[nH]c(C=C)c(C=C)c(=O)/c1=C/C.CC.CC. The minimum atomic E-state index is -0.0424. The van der Waals surface area contributed by atoms with E-state index in [-0.39, 0.29) is 5.43 Å². The zero-order chi connectivity index (χ0) is 16.1. The van der Waals surface area contributed by atoms with Gasteiger partial charge in [0.15, 0.2) is 5.43 Å². The van der Waals surface area contributed by atoms with Crippen molar-refractivity contribution in [3.05, 3.63) is 57.9 Å². The van der Waals surface area contributed by atoms with Crippen LogP contribution >= 0.6 is 0 Å². The van der Waals surface area contributed by atoms with Crippen LogP contribution in [0.25, 0.3) is 24.3 Å². The summed E-state index contributed by atoms with van der Waals surface area (Å²) in [7, 11) is 0. The van der Waals surface area contributed by atoms with Gasteiger partial charge < -0.3 is 4.98 Å². The van der Waals surface area contributed by atoms with Crippen LogP contribution in [0, 0.1) is 0 Å². The molecule has 0 amide bonds. The molecular formula is C18H27NO. The number of aromatic nitrogens is 1. The summed E-state index contributed by atoms with van der Waals surface area (Å²) < 4.78 is 0. The molecule has 0 unspecified atom stereocenters. The van der Waals surface area contributed by atoms with Crippen LogP contribution in [0.4, 0.5) is 0 Å². The maximum absolute atomic E-state index is 12.1. The van der Waals surface area contributed by atoms with Crippen LogP contribution in [-0.2, 0) is 0 Å². The number of allylic oxidation sites excluding steroid dienone is 1. The van der Waals surface area contributed by atoms with Crippen molar-refractivity contribution in [3.8, 4) is 0 Å². The van der Waals surface area contributed by atoms with Crippen LogP contribution in [0.15, 0.2) is 30.6 Å². The van der Waals surface area contributed by atoms with Gasteiger partial charge in [-0.1, -0.05) is 65.7 Å². The molecule has 0 fully saturated rings. The highest BCUT2D eigenvalue weighted by Crippen LogP contribution is 1.99. The van der Waals surface area contributed by atoms with Crippen molar-refractivity contribution in [3.63, 3.8) is 0 Å². The summed E-state index contributed by atoms with van der Waals surface area (Å²) in [6.45, 7) is 20.8. The first-order valence-corrected chi connectivity index (χ1v) is 6.99. The van der Waals surface area contributed by atoms with Gasteiger partial charge in [-0.3, -0.25) is 4.79 Å². The highest BCUT2D eigenvalue weighted by Gasteiger charge is 2.03. The summed E-state index contributed by atoms with van der Waals surface area (Å²) >= 11 is 0. The largest absolute Gasteiger partial charge is 0.354 e. The second kappa shape index (κ2) is 12.0. The maximum atomic E-state index is 12.1. The summed E-state index contributed by atoms with van der Waals surface area (Å²) in [5, 5.41) is 1.36. The number of hydrogen-bond acceptors (Lipinski definition) is 1. The fourth-order valence-electron chi connectivity index (χ4n) is 1.57. The van der Waals surface area contributed by atoms with Crippen LogP contribution in [-0.4, -0.2) is 4.98 Å². The summed E-state index contributed by atoms with van der Waals surface area (Å²) in [5.74, 6) is 0. The van der Waals surface area contributed by atoms with Crippen molar-refractivity contribution < 1.29 is 0 Å². The first-order valence-electron chi connectivity index (χ1n) is 6.99. The zero-order valence-electron chi connectivity index (χ0n) is 13.4. The molecule has 0 saturated carbocycles. The monoisotopic (exact) mass is 273 g/mol. The van der Waals surface area contributed by atoms with Gasteiger partial charge in [-0.05, 0) is 19.1 Å². The molecule has 0 radical (unpaired) electrons. The van der Waals surface area contributed by atoms with E-state index in [1.807, 2.05) is 34.6 Å². The lowest BCUT2D eigenvalue weighted by Crippen LogP contribution is -2.42. The normalized spacial score (nSPS) is 10.7. The first-order chi connectivity index (χ1) is 9.69. The predicted octanol–water partition coefficient (Wildman–Crippen LogP) is 3.48. The van der Waals surface area contributed by atoms with E-state index in [9.17, 15) is 4.79 Å². The molecule has 0 aliphatic rings. The van der Waals surface area contributed by atoms with Gasteiger partial charge in [0.25, 0.3) is 0 Å². The Bertz CT molecular complexity index is 604. The van der Waals surface area contributed by atoms with E-state index in [1.165, 1.54) is 0 Å². The molecule has 0 aromatic carbocycles. The van der Waals surface area contributed by atoms with Gasteiger partial charge >= 0.3 is 0 Å². The van der Waals surface area contributed by atoms with Crippen molar-refractivity contribution in [1.82, 2.24) is 4.98 Å². The van der Waals surface area contributed by atoms with Gasteiger partial charge in [0.1, 0.15) is 0 Å². The van der Waals surface area contributed by atoms with Crippen molar-refractivity contribution in [2.45, 2.75) is 34.6 Å². The Labute approximate surface area is 122 Å². The predicted molar refractivity (Wildman–Crippen MR) is 94.0 cm³/mol. The molecule has 110 valence electrons. The molecular weight excluding hydrogens is 246 g/mol. The number of nitrogens with one attached hydrogen (secondary N) is 1. The van der Waals surface area contributed by atoms with Crippen molar-refractivity contribution in [2.24, 2.45) is 0 Å². The van der Waals surface area contributed by atoms with E-state index in [0.717, 1.165) is 5.35 Å². The number of pyridine rings is 1. The van der Waals surface area contributed by atoms with Crippen LogP contribution < -0.4 is 16.0 Å². The smallest absolute Gasteiger partial charge is 0.196 e. The average Bonchev–Trinajstić information content (AvgIpc) is 2.51.